The van der Waals surface area contributed by atoms with Gasteiger partial charge in [0.25, 0.3) is 5.91 Å². The second kappa shape index (κ2) is 8.85. The van der Waals surface area contributed by atoms with Gasteiger partial charge < -0.3 is 10.1 Å². The second-order valence-corrected chi connectivity index (χ2v) is 7.92. The summed E-state index contributed by atoms with van der Waals surface area (Å²) in [5.74, 6) is 0.502. The highest BCUT2D eigenvalue weighted by Crippen LogP contribution is 2.33. The predicted molar refractivity (Wildman–Crippen MR) is 122 cm³/mol. The maximum absolute atomic E-state index is 11.7. The van der Waals surface area contributed by atoms with Crippen molar-refractivity contribution in [3.05, 3.63) is 63.2 Å². The maximum atomic E-state index is 11.7. The fourth-order valence-electron chi connectivity index (χ4n) is 3.20. The van der Waals surface area contributed by atoms with Crippen molar-refractivity contribution in [2.24, 2.45) is 10.1 Å². The summed E-state index contributed by atoms with van der Waals surface area (Å²) >= 11 is 7.72. The van der Waals surface area contributed by atoms with Gasteiger partial charge >= 0.3 is 0 Å². The molecular formula is C22H21ClN4O2S. The van der Waals surface area contributed by atoms with Crippen LogP contribution < -0.4 is 14.9 Å². The van der Waals surface area contributed by atoms with Crippen LogP contribution in [0.5, 0.6) is 5.75 Å². The number of rotatable bonds is 5. The summed E-state index contributed by atoms with van der Waals surface area (Å²) < 4.78 is 7.34. The van der Waals surface area contributed by atoms with Gasteiger partial charge in [-0.05, 0) is 49.2 Å². The zero-order valence-corrected chi connectivity index (χ0v) is 18.3. The van der Waals surface area contributed by atoms with Gasteiger partial charge in [-0.1, -0.05) is 30.7 Å². The van der Waals surface area contributed by atoms with Crippen molar-refractivity contribution in [3.8, 4) is 17.0 Å². The van der Waals surface area contributed by atoms with E-state index in [4.69, 9.17) is 21.4 Å². The Balaban J connectivity index is 1.85. The zero-order chi connectivity index (χ0) is 21.1. The number of amides is 1. The molecule has 154 valence electrons. The Hall–Kier alpha value is -2.90. The van der Waals surface area contributed by atoms with Crippen molar-refractivity contribution in [3.63, 3.8) is 0 Å². The molecule has 0 unspecified atom stereocenters. The summed E-state index contributed by atoms with van der Waals surface area (Å²) in [5.41, 5.74) is 4.35. The van der Waals surface area contributed by atoms with Crippen LogP contribution in [0.25, 0.3) is 11.3 Å². The quantitative estimate of drug-likeness (QED) is 0.580. The van der Waals surface area contributed by atoms with Crippen molar-refractivity contribution in [1.82, 2.24) is 4.68 Å². The number of nitrogens with zero attached hydrogens (tertiary/aromatic N) is 3. The molecule has 0 atom stereocenters. The van der Waals surface area contributed by atoms with Crippen molar-refractivity contribution in [1.29, 1.82) is 0 Å². The number of benzene rings is 2. The number of thiazole rings is 1. The lowest BCUT2D eigenvalue weighted by Crippen LogP contribution is -2.25. The van der Waals surface area contributed by atoms with Gasteiger partial charge in [0.05, 0.1) is 17.1 Å². The first kappa shape index (κ1) is 20.4. The summed E-state index contributed by atoms with van der Waals surface area (Å²) in [6, 6.07) is 13.4. The minimum Gasteiger partial charge on any atom is -0.482 e. The molecule has 0 spiro atoms. The van der Waals surface area contributed by atoms with Crippen LogP contribution >= 0.6 is 22.9 Å². The van der Waals surface area contributed by atoms with Gasteiger partial charge in [-0.15, -0.1) is 11.3 Å². The molecule has 1 aliphatic heterocycles. The largest absolute Gasteiger partial charge is 0.482 e. The molecule has 0 saturated heterocycles. The molecule has 1 aliphatic rings. The molecule has 1 aromatic heterocycles. The van der Waals surface area contributed by atoms with E-state index in [0.717, 1.165) is 33.8 Å². The minimum absolute atomic E-state index is 0.0358. The lowest BCUT2D eigenvalue weighted by molar-refractivity contribution is -0.118. The highest BCUT2D eigenvalue weighted by Gasteiger charge is 2.18. The molecule has 2 heterocycles. The fraction of sp³-hybridized carbons (Fsp3) is 0.227. The minimum atomic E-state index is -0.160. The first-order chi connectivity index (χ1) is 14.6. The first-order valence-electron chi connectivity index (χ1n) is 9.71. The molecular weight excluding hydrogens is 420 g/mol. The Morgan fingerprint density at radius 3 is 2.90 bits per heavy atom. The van der Waals surface area contributed by atoms with Crippen LogP contribution in [0.15, 0.2) is 57.9 Å². The van der Waals surface area contributed by atoms with Crippen molar-refractivity contribution >= 4 is 40.2 Å². The van der Waals surface area contributed by atoms with Crippen LogP contribution in [-0.2, 0) is 4.79 Å². The number of nitrogens with one attached hydrogen (secondary N) is 1. The van der Waals surface area contributed by atoms with Crippen molar-refractivity contribution < 1.29 is 9.53 Å². The molecule has 1 amide bonds. The molecule has 0 aliphatic carbocycles. The molecule has 30 heavy (non-hydrogen) atoms. The smallest absolute Gasteiger partial charge is 0.262 e. The SMILES string of the molecule is CCN=c1scc(-c2ccc3c(c2)NC(=O)CO3)n1N=C(CC)c1cccc(Cl)c1. The van der Waals surface area contributed by atoms with Crippen molar-refractivity contribution in [2.75, 3.05) is 18.5 Å². The van der Waals surface area contributed by atoms with Gasteiger partial charge in [0.2, 0.25) is 4.80 Å². The van der Waals surface area contributed by atoms with Crippen LogP contribution in [0.3, 0.4) is 0 Å². The van der Waals surface area contributed by atoms with E-state index < -0.39 is 0 Å². The Kier molecular flexibility index (Phi) is 6.01. The standard InChI is InChI=1S/C22H21ClN4O2S/c1-3-17(14-6-5-7-16(23)10-14)26-27-19(13-30-22(27)24-4-2)15-8-9-20-18(11-15)25-21(28)12-29-20/h5-11,13H,3-4,12H2,1-2H3,(H,25,28). The topological polar surface area (TPSA) is 68.0 Å². The van der Waals surface area contributed by atoms with Crippen LogP contribution in [0.2, 0.25) is 5.02 Å². The van der Waals surface area contributed by atoms with E-state index in [1.807, 2.05) is 59.4 Å². The number of halogens is 1. The zero-order valence-electron chi connectivity index (χ0n) is 16.7. The van der Waals surface area contributed by atoms with E-state index in [2.05, 4.69) is 17.2 Å². The summed E-state index contributed by atoms with van der Waals surface area (Å²) in [4.78, 5) is 17.1. The Morgan fingerprint density at radius 1 is 1.27 bits per heavy atom. The second-order valence-electron chi connectivity index (χ2n) is 6.65. The fourth-order valence-corrected chi connectivity index (χ4v) is 4.29. The van der Waals surface area contributed by atoms with E-state index in [9.17, 15) is 4.79 Å². The highest BCUT2D eigenvalue weighted by molar-refractivity contribution is 7.07. The number of aromatic nitrogens is 1. The molecule has 0 saturated carbocycles. The monoisotopic (exact) mass is 440 g/mol. The van der Waals surface area contributed by atoms with E-state index in [-0.39, 0.29) is 12.5 Å². The van der Waals surface area contributed by atoms with E-state index >= 15 is 0 Å². The molecule has 1 N–H and O–H groups in total. The number of hydrogen-bond acceptors (Lipinski definition) is 5. The third-order valence-electron chi connectivity index (χ3n) is 4.60. The third kappa shape index (κ3) is 4.17. The molecule has 0 bridgehead atoms. The van der Waals surface area contributed by atoms with Crippen LogP contribution in [0, 0.1) is 0 Å². The normalized spacial score (nSPS) is 14.3. The number of carbonyl (C=O) groups is 1. The molecule has 4 rings (SSSR count). The first-order valence-corrected chi connectivity index (χ1v) is 11.0. The summed E-state index contributed by atoms with van der Waals surface area (Å²) in [6.45, 7) is 4.75. The van der Waals surface area contributed by atoms with Gasteiger partial charge in [0.1, 0.15) is 5.75 Å². The molecule has 8 heteroatoms. The van der Waals surface area contributed by atoms with Gasteiger partial charge in [-0.25, -0.2) is 4.68 Å². The van der Waals surface area contributed by atoms with E-state index in [0.29, 0.717) is 23.0 Å². The summed E-state index contributed by atoms with van der Waals surface area (Å²) in [5, 5.41) is 10.5. The van der Waals surface area contributed by atoms with Crippen LogP contribution in [0.4, 0.5) is 5.69 Å². The number of hydrogen-bond donors (Lipinski definition) is 1. The average Bonchev–Trinajstić information content (AvgIpc) is 3.14. The average molecular weight is 441 g/mol. The van der Waals surface area contributed by atoms with E-state index in [1.165, 1.54) is 11.3 Å². The Bertz CT molecular complexity index is 1200. The Labute approximate surface area is 183 Å². The number of carbonyl (C=O) groups excluding carboxylic acids is 1. The summed E-state index contributed by atoms with van der Waals surface area (Å²) in [6.07, 6.45) is 0.738. The van der Waals surface area contributed by atoms with Gasteiger partial charge in [-0.2, -0.15) is 5.10 Å². The number of anilines is 1. The molecule has 3 aromatic rings. The summed E-state index contributed by atoms with van der Waals surface area (Å²) in [7, 11) is 0. The van der Waals surface area contributed by atoms with Gasteiger partial charge in [0.15, 0.2) is 6.61 Å². The number of fused-ring (bicyclic) bond motifs is 1. The van der Waals surface area contributed by atoms with E-state index in [1.54, 1.807) is 0 Å². The molecule has 6 nitrogen and oxygen atoms in total. The lowest BCUT2D eigenvalue weighted by atomic mass is 10.1. The lowest BCUT2D eigenvalue weighted by Gasteiger charge is -2.18. The number of ether oxygens (including phenoxy) is 1. The molecule has 0 radical (unpaired) electrons. The molecule has 0 fully saturated rings. The van der Waals surface area contributed by atoms with Crippen molar-refractivity contribution in [2.45, 2.75) is 20.3 Å². The predicted octanol–water partition coefficient (Wildman–Crippen LogP) is 4.78. The van der Waals surface area contributed by atoms with Gasteiger partial charge in [0, 0.05) is 22.5 Å². The Morgan fingerprint density at radius 2 is 2.13 bits per heavy atom. The van der Waals surface area contributed by atoms with Gasteiger partial charge in [-0.3, -0.25) is 9.79 Å². The molecule has 2 aromatic carbocycles. The van der Waals surface area contributed by atoms with Crippen LogP contribution in [-0.4, -0.2) is 29.4 Å². The highest BCUT2D eigenvalue weighted by atomic mass is 35.5. The third-order valence-corrected chi connectivity index (χ3v) is 5.69. The maximum Gasteiger partial charge on any atom is 0.262 e. The van der Waals surface area contributed by atoms with Crippen LogP contribution in [0.1, 0.15) is 25.8 Å².